The minimum Gasteiger partial charge on any atom is -0.451 e. The number of hydrogen-bond acceptors (Lipinski definition) is 3. The van der Waals surface area contributed by atoms with E-state index in [9.17, 15) is 5.11 Å². The van der Waals surface area contributed by atoms with Gasteiger partial charge in [-0.25, -0.2) is 0 Å². The summed E-state index contributed by atoms with van der Waals surface area (Å²) in [4.78, 5) is 0. The summed E-state index contributed by atoms with van der Waals surface area (Å²) in [6.45, 7) is 2.31. The smallest absolute Gasteiger partial charge is 0.183 e. The van der Waals surface area contributed by atoms with Gasteiger partial charge in [-0.15, -0.1) is 0 Å². The maximum absolute atomic E-state index is 9.67. The molecular weight excluding hydrogens is 362 g/mol. The summed E-state index contributed by atoms with van der Waals surface area (Å²) in [5.41, 5.74) is 1.79. The Bertz CT molecular complexity index is 518. The molecule has 2 N–H and O–H groups in total. The van der Waals surface area contributed by atoms with Crippen molar-refractivity contribution in [2.45, 2.75) is 19.6 Å². The number of aliphatic hydroxyl groups is 1. The fourth-order valence-corrected chi connectivity index (χ4v) is 2.34. The fourth-order valence-electron chi connectivity index (χ4n) is 1.68. The Kier molecular flexibility index (Phi) is 4.48. The van der Waals surface area contributed by atoms with E-state index < -0.39 is 6.10 Å². The molecule has 0 aliphatic heterocycles. The van der Waals surface area contributed by atoms with Gasteiger partial charge in [0.25, 0.3) is 0 Å². The van der Waals surface area contributed by atoms with Gasteiger partial charge in [0.05, 0.1) is 17.1 Å². The second kappa shape index (κ2) is 5.91. The van der Waals surface area contributed by atoms with Gasteiger partial charge in [-0.2, -0.15) is 0 Å². The molecule has 2 aromatic rings. The van der Waals surface area contributed by atoms with Crippen molar-refractivity contribution in [3.8, 4) is 0 Å². The Balaban J connectivity index is 2.10. The number of para-hydroxylation sites is 1. The molecule has 0 bridgehead atoms. The average Bonchev–Trinajstić information content (AvgIpc) is 2.66. The second-order valence-corrected chi connectivity index (χ2v) is 5.53. The number of halogens is 2. The highest BCUT2D eigenvalue weighted by Crippen LogP contribution is 2.28. The van der Waals surface area contributed by atoms with Crippen molar-refractivity contribution in [1.82, 2.24) is 0 Å². The van der Waals surface area contributed by atoms with E-state index in [1.807, 2.05) is 30.3 Å². The molecule has 18 heavy (non-hydrogen) atoms. The molecule has 1 aromatic heterocycles. The summed E-state index contributed by atoms with van der Waals surface area (Å²) in [6, 6.07) is 9.59. The molecular formula is C13H13Br2NO2. The number of nitrogens with one attached hydrogen (secondary N) is 1. The van der Waals surface area contributed by atoms with Crippen molar-refractivity contribution in [1.29, 1.82) is 0 Å². The van der Waals surface area contributed by atoms with Crippen LogP contribution in [0.1, 0.15) is 24.4 Å². The monoisotopic (exact) mass is 373 g/mol. The number of hydrogen-bond donors (Lipinski definition) is 2. The highest BCUT2D eigenvalue weighted by atomic mass is 79.9. The van der Waals surface area contributed by atoms with E-state index in [-0.39, 0.29) is 0 Å². The zero-order valence-electron chi connectivity index (χ0n) is 9.78. The third kappa shape index (κ3) is 3.16. The quantitative estimate of drug-likeness (QED) is 0.829. The Hall–Kier alpha value is -0.780. The van der Waals surface area contributed by atoms with Crippen LogP contribution < -0.4 is 5.32 Å². The first-order chi connectivity index (χ1) is 8.58. The summed E-state index contributed by atoms with van der Waals surface area (Å²) in [5, 5.41) is 12.9. The van der Waals surface area contributed by atoms with Gasteiger partial charge in [0.2, 0.25) is 0 Å². The lowest BCUT2D eigenvalue weighted by Crippen LogP contribution is -2.03. The second-order valence-electron chi connectivity index (χ2n) is 3.95. The Morgan fingerprint density at radius 3 is 2.67 bits per heavy atom. The van der Waals surface area contributed by atoms with E-state index in [4.69, 9.17) is 4.42 Å². The van der Waals surface area contributed by atoms with Gasteiger partial charge in [-0.05, 0) is 50.9 Å². The van der Waals surface area contributed by atoms with Crippen molar-refractivity contribution in [2.24, 2.45) is 0 Å². The molecule has 2 rings (SSSR count). The summed E-state index contributed by atoms with van der Waals surface area (Å²) in [6.07, 6.45) is -0.497. The molecule has 96 valence electrons. The van der Waals surface area contributed by atoms with Crippen LogP contribution in [-0.4, -0.2) is 5.11 Å². The largest absolute Gasteiger partial charge is 0.451 e. The lowest BCUT2D eigenvalue weighted by atomic mass is 10.1. The van der Waals surface area contributed by atoms with E-state index in [0.29, 0.717) is 11.2 Å². The minimum atomic E-state index is -0.497. The lowest BCUT2D eigenvalue weighted by Gasteiger charge is -2.12. The SMILES string of the molecule is CC(O)c1ccccc1NCc1cc(Br)c(Br)o1. The molecule has 1 unspecified atom stereocenters. The maximum Gasteiger partial charge on any atom is 0.183 e. The van der Waals surface area contributed by atoms with Gasteiger partial charge in [-0.1, -0.05) is 18.2 Å². The third-order valence-electron chi connectivity index (χ3n) is 2.56. The molecule has 5 heteroatoms. The summed E-state index contributed by atoms with van der Waals surface area (Å²) in [5.74, 6) is 0.814. The molecule has 0 fully saturated rings. The average molecular weight is 375 g/mol. The summed E-state index contributed by atoms with van der Waals surface area (Å²) in [7, 11) is 0. The topological polar surface area (TPSA) is 45.4 Å². The van der Waals surface area contributed by atoms with Crippen LogP contribution in [0.2, 0.25) is 0 Å². The highest BCUT2D eigenvalue weighted by molar-refractivity contribution is 9.13. The van der Waals surface area contributed by atoms with Gasteiger partial charge < -0.3 is 14.8 Å². The fraction of sp³-hybridized carbons (Fsp3) is 0.231. The number of aliphatic hydroxyl groups excluding tert-OH is 1. The van der Waals surface area contributed by atoms with Crippen molar-refractivity contribution in [3.63, 3.8) is 0 Å². The Labute approximate surface area is 122 Å². The molecule has 0 radical (unpaired) electrons. The van der Waals surface area contributed by atoms with E-state index in [1.54, 1.807) is 6.92 Å². The van der Waals surface area contributed by atoms with Crippen LogP contribution >= 0.6 is 31.9 Å². The van der Waals surface area contributed by atoms with Gasteiger partial charge in [-0.3, -0.25) is 0 Å². The van der Waals surface area contributed by atoms with E-state index in [0.717, 1.165) is 21.5 Å². The zero-order chi connectivity index (χ0) is 13.1. The van der Waals surface area contributed by atoms with Crippen LogP contribution in [-0.2, 0) is 6.54 Å². The van der Waals surface area contributed by atoms with Gasteiger partial charge in [0.1, 0.15) is 5.76 Å². The van der Waals surface area contributed by atoms with E-state index in [2.05, 4.69) is 37.2 Å². The molecule has 0 spiro atoms. The van der Waals surface area contributed by atoms with Gasteiger partial charge >= 0.3 is 0 Å². The molecule has 1 heterocycles. The van der Waals surface area contributed by atoms with Crippen LogP contribution in [0.5, 0.6) is 0 Å². The molecule has 0 amide bonds. The first kappa shape index (κ1) is 13.6. The zero-order valence-corrected chi connectivity index (χ0v) is 13.0. The molecule has 0 aliphatic rings. The van der Waals surface area contributed by atoms with E-state index >= 15 is 0 Å². The molecule has 0 saturated heterocycles. The predicted molar refractivity (Wildman–Crippen MR) is 78.5 cm³/mol. The van der Waals surface area contributed by atoms with Crippen molar-refractivity contribution in [2.75, 3.05) is 5.32 Å². The minimum absolute atomic E-state index is 0.497. The number of anilines is 1. The van der Waals surface area contributed by atoms with Crippen LogP contribution in [0.4, 0.5) is 5.69 Å². The normalized spacial score (nSPS) is 12.4. The maximum atomic E-state index is 9.67. The summed E-state index contributed by atoms with van der Waals surface area (Å²) < 4.78 is 7.06. The predicted octanol–water partition coefficient (Wildman–Crippen LogP) is 4.47. The number of furan rings is 1. The molecule has 1 atom stereocenters. The van der Waals surface area contributed by atoms with Crippen LogP contribution in [0, 0.1) is 0 Å². The molecule has 0 saturated carbocycles. The van der Waals surface area contributed by atoms with Crippen molar-refractivity contribution < 1.29 is 9.52 Å². The first-order valence-corrected chi connectivity index (χ1v) is 7.11. The standard InChI is InChI=1S/C13H13Br2NO2/c1-8(17)10-4-2-3-5-12(10)16-7-9-6-11(14)13(15)18-9/h2-6,8,16-17H,7H2,1H3. The van der Waals surface area contributed by atoms with Crippen LogP contribution in [0.3, 0.4) is 0 Å². The Morgan fingerprint density at radius 1 is 1.33 bits per heavy atom. The Morgan fingerprint density at radius 2 is 2.06 bits per heavy atom. The van der Waals surface area contributed by atoms with Crippen LogP contribution in [0.25, 0.3) is 0 Å². The van der Waals surface area contributed by atoms with Crippen LogP contribution in [0.15, 0.2) is 43.9 Å². The van der Waals surface area contributed by atoms with Crippen molar-refractivity contribution in [3.05, 3.63) is 50.8 Å². The van der Waals surface area contributed by atoms with Gasteiger partial charge in [0.15, 0.2) is 4.67 Å². The lowest BCUT2D eigenvalue weighted by molar-refractivity contribution is 0.200. The van der Waals surface area contributed by atoms with Crippen molar-refractivity contribution >= 4 is 37.5 Å². The van der Waals surface area contributed by atoms with E-state index in [1.165, 1.54) is 0 Å². The number of rotatable bonds is 4. The molecule has 3 nitrogen and oxygen atoms in total. The summed E-state index contributed by atoms with van der Waals surface area (Å²) >= 11 is 6.67. The first-order valence-electron chi connectivity index (χ1n) is 5.52. The highest BCUT2D eigenvalue weighted by Gasteiger charge is 2.09. The number of benzene rings is 1. The molecule has 0 aliphatic carbocycles. The molecule has 1 aromatic carbocycles. The van der Waals surface area contributed by atoms with Gasteiger partial charge in [0, 0.05) is 11.3 Å². The third-order valence-corrected chi connectivity index (χ3v) is 4.27.